The van der Waals surface area contributed by atoms with Gasteiger partial charge in [0.25, 0.3) is 5.91 Å². The van der Waals surface area contributed by atoms with Crippen molar-refractivity contribution in [2.24, 2.45) is 5.92 Å². The third-order valence-electron chi connectivity index (χ3n) is 5.22. The van der Waals surface area contributed by atoms with Crippen LogP contribution in [0.5, 0.6) is 0 Å². The molecule has 0 bridgehead atoms. The molecule has 5 nitrogen and oxygen atoms in total. The van der Waals surface area contributed by atoms with Crippen LogP contribution < -0.4 is 9.62 Å². The molecule has 1 atom stereocenters. The molecule has 2 aromatic rings. The van der Waals surface area contributed by atoms with Gasteiger partial charge in [0.05, 0.1) is 28.5 Å². The summed E-state index contributed by atoms with van der Waals surface area (Å²) in [6, 6.07) is 11.7. The Morgan fingerprint density at radius 3 is 2.19 bits per heavy atom. The molecule has 0 fully saturated rings. The Labute approximate surface area is 195 Å². The van der Waals surface area contributed by atoms with Gasteiger partial charge < -0.3 is 5.32 Å². The lowest BCUT2D eigenvalue weighted by Gasteiger charge is -2.24. The number of carbonyl (C=O) groups excluding carboxylic acids is 1. The molecule has 0 aliphatic carbocycles. The van der Waals surface area contributed by atoms with Crippen LogP contribution in [-0.2, 0) is 16.6 Å². The van der Waals surface area contributed by atoms with E-state index in [1.165, 1.54) is 4.31 Å². The van der Waals surface area contributed by atoms with Gasteiger partial charge in [-0.2, -0.15) is 0 Å². The van der Waals surface area contributed by atoms with E-state index in [1.54, 1.807) is 42.5 Å². The summed E-state index contributed by atoms with van der Waals surface area (Å²) in [6.45, 7) is 5.01. The second kappa shape index (κ2) is 11.7. The average molecular weight is 485 g/mol. The minimum absolute atomic E-state index is 0.0547. The van der Waals surface area contributed by atoms with Gasteiger partial charge >= 0.3 is 0 Å². The first kappa shape index (κ1) is 25.5. The van der Waals surface area contributed by atoms with Crippen LogP contribution in [0.3, 0.4) is 0 Å². The maximum absolute atomic E-state index is 12.5. The number of hydrogen-bond donors (Lipinski definition) is 1. The van der Waals surface area contributed by atoms with Crippen molar-refractivity contribution in [1.82, 2.24) is 5.32 Å². The monoisotopic (exact) mass is 484 g/mol. The lowest BCUT2D eigenvalue weighted by molar-refractivity contribution is 0.0946. The van der Waals surface area contributed by atoms with Gasteiger partial charge in [-0.25, -0.2) is 8.42 Å². The molecule has 31 heavy (non-hydrogen) atoms. The predicted octanol–water partition coefficient (Wildman–Crippen LogP) is 5.91. The Hall–Kier alpha value is -1.76. The minimum atomic E-state index is -3.63. The van der Waals surface area contributed by atoms with Crippen molar-refractivity contribution in [3.05, 3.63) is 63.6 Å². The number of nitrogens with one attached hydrogen (secondary N) is 1. The van der Waals surface area contributed by atoms with Crippen LogP contribution in [0.25, 0.3) is 0 Å². The number of para-hydroxylation sites is 1. The number of halogens is 2. The number of sulfonamides is 1. The summed E-state index contributed by atoms with van der Waals surface area (Å²) >= 11 is 12.4. The molecule has 2 rings (SSSR count). The average Bonchev–Trinajstić information content (AvgIpc) is 2.72. The van der Waals surface area contributed by atoms with E-state index in [4.69, 9.17) is 23.2 Å². The summed E-state index contributed by atoms with van der Waals surface area (Å²) in [5.41, 5.74) is 1.50. The fourth-order valence-electron chi connectivity index (χ4n) is 3.30. The van der Waals surface area contributed by atoms with Gasteiger partial charge in [0.1, 0.15) is 0 Å². The number of rotatable bonds is 11. The van der Waals surface area contributed by atoms with Crippen LogP contribution in [0.4, 0.5) is 5.69 Å². The van der Waals surface area contributed by atoms with E-state index in [-0.39, 0.29) is 28.2 Å². The summed E-state index contributed by atoms with van der Waals surface area (Å²) in [4.78, 5) is 12.5. The SMILES string of the molecule is CCCC[C@@H](CC)CNC(=O)c1ccc(CN(c2c(Cl)cccc2Cl)S(C)(=O)=O)cc1. The van der Waals surface area contributed by atoms with E-state index in [1.807, 2.05) is 0 Å². The van der Waals surface area contributed by atoms with Crippen molar-refractivity contribution in [2.45, 2.75) is 46.1 Å². The maximum atomic E-state index is 12.5. The van der Waals surface area contributed by atoms with Gasteiger partial charge in [-0.05, 0) is 42.2 Å². The highest BCUT2D eigenvalue weighted by atomic mass is 35.5. The summed E-state index contributed by atoms with van der Waals surface area (Å²) < 4.78 is 26.0. The molecule has 170 valence electrons. The van der Waals surface area contributed by atoms with E-state index in [0.29, 0.717) is 23.6 Å². The lowest BCUT2D eigenvalue weighted by Crippen LogP contribution is -2.30. The Morgan fingerprint density at radius 2 is 1.68 bits per heavy atom. The highest BCUT2D eigenvalue weighted by Crippen LogP contribution is 2.35. The van der Waals surface area contributed by atoms with Gasteiger partial charge in [-0.3, -0.25) is 9.10 Å². The van der Waals surface area contributed by atoms with Gasteiger partial charge in [-0.1, -0.05) is 74.5 Å². The van der Waals surface area contributed by atoms with Crippen molar-refractivity contribution >= 4 is 44.8 Å². The first-order valence-corrected chi connectivity index (χ1v) is 13.1. The van der Waals surface area contributed by atoms with E-state index < -0.39 is 10.0 Å². The second-order valence-corrected chi connectivity index (χ2v) is 10.4. The zero-order chi connectivity index (χ0) is 23.0. The van der Waals surface area contributed by atoms with Crippen molar-refractivity contribution in [3.8, 4) is 0 Å². The smallest absolute Gasteiger partial charge is 0.251 e. The van der Waals surface area contributed by atoms with Crippen LogP contribution in [0.1, 0.15) is 55.5 Å². The third kappa shape index (κ3) is 7.41. The molecule has 0 saturated carbocycles. The number of anilines is 1. The molecule has 0 saturated heterocycles. The summed E-state index contributed by atoms with van der Waals surface area (Å²) in [7, 11) is -3.63. The first-order valence-electron chi connectivity index (χ1n) is 10.5. The number of carbonyl (C=O) groups is 1. The van der Waals surface area contributed by atoms with E-state index >= 15 is 0 Å². The Kier molecular flexibility index (Phi) is 9.66. The van der Waals surface area contributed by atoms with E-state index in [0.717, 1.165) is 31.9 Å². The van der Waals surface area contributed by atoms with Crippen LogP contribution in [0, 0.1) is 5.92 Å². The van der Waals surface area contributed by atoms with Gasteiger partial charge in [0, 0.05) is 12.1 Å². The predicted molar refractivity (Wildman–Crippen MR) is 130 cm³/mol. The third-order valence-corrected chi connectivity index (χ3v) is 6.95. The fourth-order valence-corrected chi connectivity index (χ4v) is 4.91. The highest BCUT2D eigenvalue weighted by molar-refractivity contribution is 7.92. The number of nitrogens with zero attached hydrogens (tertiary/aromatic N) is 1. The summed E-state index contributed by atoms with van der Waals surface area (Å²) in [5, 5.41) is 3.51. The molecule has 8 heteroatoms. The molecule has 0 heterocycles. The number of benzene rings is 2. The topological polar surface area (TPSA) is 66.5 Å². The Bertz CT molecular complexity index is 959. The number of amides is 1. The first-order chi connectivity index (χ1) is 14.7. The molecule has 0 aromatic heterocycles. The largest absolute Gasteiger partial charge is 0.352 e. The molecule has 0 aliphatic heterocycles. The van der Waals surface area contributed by atoms with E-state index in [2.05, 4.69) is 19.2 Å². The van der Waals surface area contributed by atoms with Crippen molar-refractivity contribution in [1.29, 1.82) is 0 Å². The van der Waals surface area contributed by atoms with Crippen molar-refractivity contribution < 1.29 is 13.2 Å². The van der Waals surface area contributed by atoms with Crippen molar-refractivity contribution in [2.75, 3.05) is 17.1 Å². The minimum Gasteiger partial charge on any atom is -0.352 e. The fraction of sp³-hybridized carbons (Fsp3) is 0.435. The quantitative estimate of drug-likeness (QED) is 0.431. The number of unbranched alkanes of at least 4 members (excludes halogenated alkanes) is 1. The van der Waals surface area contributed by atoms with Crippen LogP contribution in [0.15, 0.2) is 42.5 Å². The normalized spacial score (nSPS) is 12.4. The summed E-state index contributed by atoms with van der Waals surface area (Å²) in [5.74, 6) is 0.350. The van der Waals surface area contributed by atoms with Crippen LogP contribution in [-0.4, -0.2) is 27.1 Å². The molecular weight excluding hydrogens is 455 g/mol. The zero-order valence-electron chi connectivity index (χ0n) is 18.2. The molecule has 0 radical (unpaired) electrons. The summed E-state index contributed by atoms with van der Waals surface area (Å²) in [6.07, 6.45) is 5.56. The van der Waals surface area contributed by atoms with Gasteiger partial charge in [0.15, 0.2) is 0 Å². The molecule has 0 aliphatic rings. The molecule has 1 amide bonds. The molecule has 1 N–H and O–H groups in total. The Morgan fingerprint density at radius 1 is 1.06 bits per heavy atom. The number of hydrogen-bond acceptors (Lipinski definition) is 3. The van der Waals surface area contributed by atoms with Crippen LogP contribution in [0.2, 0.25) is 10.0 Å². The van der Waals surface area contributed by atoms with E-state index in [9.17, 15) is 13.2 Å². The van der Waals surface area contributed by atoms with Gasteiger partial charge in [-0.15, -0.1) is 0 Å². The molecular formula is C23H30Cl2N2O3S. The molecule has 0 spiro atoms. The van der Waals surface area contributed by atoms with Gasteiger partial charge in [0.2, 0.25) is 10.0 Å². The lowest BCUT2D eigenvalue weighted by atomic mass is 9.99. The van der Waals surface area contributed by atoms with Crippen LogP contribution >= 0.6 is 23.2 Å². The standard InChI is InChI=1S/C23H30Cl2N2O3S/c1-4-6-8-17(5-2)15-26-23(28)19-13-11-18(12-14-19)16-27(31(3,29)30)22-20(24)9-7-10-21(22)25/h7,9-14,17H,4-6,8,15-16H2,1-3H3,(H,26,28)/t17-/m1/s1. The Balaban J connectivity index is 2.12. The zero-order valence-corrected chi connectivity index (χ0v) is 20.5. The molecule has 0 unspecified atom stereocenters. The van der Waals surface area contributed by atoms with Crippen molar-refractivity contribution in [3.63, 3.8) is 0 Å². The molecule has 2 aromatic carbocycles. The maximum Gasteiger partial charge on any atom is 0.251 e. The second-order valence-electron chi connectivity index (χ2n) is 7.66. The highest BCUT2D eigenvalue weighted by Gasteiger charge is 2.23.